The highest BCUT2D eigenvalue weighted by Gasteiger charge is 2.19. The molecule has 8 aromatic rings. The van der Waals surface area contributed by atoms with Gasteiger partial charge >= 0.3 is 0 Å². The first-order valence-electron chi connectivity index (χ1n) is 15.6. The quantitative estimate of drug-likeness (QED) is 0.210. The van der Waals surface area contributed by atoms with Gasteiger partial charge in [0.25, 0.3) is 0 Å². The molecule has 0 saturated carbocycles. The average Bonchev–Trinajstić information content (AvgIpc) is 3.43. The molecule has 1 aromatic heterocycles. The minimum absolute atomic E-state index is 0.0428. The topological polar surface area (TPSA) is 0 Å². The normalized spacial score (nSPS) is 14.4. The maximum Gasteiger partial charge on any atom is 0.0636 e. The van der Waals surface area contributed by atoms with Crippen LogP contribution in [0, 0.1) is 0 Å². The van der Waals surface area contributed by atoms with Gasteiger partial charge in [-0.15, -0.1) is 11.3 Å². The van der Waals surface area contributed by atoms with E-state index in [9.17, 15) is 1.37 Å². The first kappa shape index (κ1) is 14.9. The molecule has 0 spiro atoms. The lowest BCUT2D eigenvalue weighted by atomic mass is 9.84. The fourth-order valence-corrected chi connectivity index (χ4v) is 6.71. The number of hydrogen-bond acceptors (Lipinski definition) is 1. The third-order valence-electron chi connectivity index (χ3n) is 7.10. The fourth-order valence-electron chi connectivity index (χ4n) is 5.58. The van der Waals surface area contributed by atoms with E-state index in [2.05, 4.69) is 54.6 Å². The van der Waals surface area contributed by atoms with Gasteiger partial charge in [0, 0.05) is 20.2 Å². The molecule has 0 aliphatic carbocycles. The Morgan fingerprint density at radius 1 is 0.486 bits per heavy atom. The summed E-state index contributed by atoms with van der Waals surface area (Å²) in [4.78, 5) is 0. The molecule has 0 N–H and O–H groups in total. The van der Waals surface area contributed by atoms with Crippen molar-refractivity contribution in [3.05, 3.63) is 133 Å². The zero-order valence-electron chi connectivity index (χ0n) is 26.6. The molecule has 0 saturated heterocycles. The van der Waals surface area contributed by atoms with Gasteiger partial charge in [0.15, 0.2) is 0 Å². The molecule has 1 heteroatoms. The minimum atomic E-state index is -0.474. The Morgan fingerprint density at radius 2 is 1.08 bits per heavy atom. The van der Waals surface area contributed by atoms with Gasteiger partial charge in [-0.25, -0.2) is 0 Å². The second-order valence-corrected chi connectivity index (χ2v) is 10.2. The molecule has 0 unspecified atom stereocenters. The molecular formula is C36H22S. The second-order valence-electron chi connectivity index (χ2n) is 9.12. The van der Waals surface area contributed by atoms with Crippen molar-refractivity contribution < 1.29 is 9.60 Å². The number of rotatable bonds is 2. The number of thiophene rings is 1. The van der Waals surface area contributed by atoms with E-state index in [1.165, 1.54) is 20.2 Å². The lowest BCUT2D eigenvalue weighted by Gasteiger charge is -2.18. The lowest BCUT2D eigenvalue weighted by Crippen LogP contribution is -1.91. The highest BCUT2D eigenvalue weighted by Crippen LogP contribution is 2.47. The van der Waals surface area contributed by atoms with Crippen molar-refractivity contribution in [2.45, 2.75) is 0 Å². The van der Waals surface area contributed by atoms with Crippen LogP contribution in [0.3, 0.4) is 0 Å². The van der Waals surface area contributed by atoms with Crippen molar-refractivity contribution in [3.63, 3.8) is 0 Å². The molecule has 0 radical (unpaired) electrons. The van der Waals surface area contributed by atoms with Gasteiger partial charge in [-0.3, -0.25) is 0 Å². The van der Waals surface area contributed by atoms with E-state index in [1.807, 2.05) is 36.4 Å². The van der Waals surface area contributed by atoms with Gasteiger partial charge in [0.2, 0.25) is 0 Å². The summed E-state index contributed by atoms with van der Waals surface area (Å²) in [6, 6.07) is 28.2. The molecule has 0 fully saturated rings. The Kier molecular flexibility index (Phi) is 3.24. The van der Waals surface area contributed by atoms with Crippen LogP contribution in [0.5, 0.6) is 0 Å². The van der Waals surface area contributed by atoms with E-state index in [0.29, 0.717) is 5.56 Å². The van der Waals surface area contributed by atoms with Crippen molar-refractivity contribution >= 4 is 63.8 Å². The zero-order chi connectivity index (χ0) is 30.4. The molecule has 0 bridgehead atoms. The van der Waals surface area contributed by atoms with Crippen LogP contribution in [0.15, 0.2) is 133 Å². The van der Waals surface area contributed by atoms with E-state index in [0.717, 1.165) is 32.7 Å². The van der Waals surface area contributed by atoms with Crippen LogP contribution >= 0.6 is 11.3 Å². The van der Waals surface area contributed by atoms with E-state index in [-0.39, 0.29) is 40.5 Å². The molecule has 0 atom stereocenters. The largest absolute Gasteiger partial charge is 0.135 e. The summed E-state index contributed by atoms with van der Waals surface area (Å²) < 4.78 is 63.3. The maximum absolute atomic E-state index is 9.31. The maximum atomic E-state index is 9.31. The van der Waals surface area contributed by atoms with Crippen molar-refractivity contribution in [1.29, 1.82) is 0 Å². The smallest absolute Gasteiger partial charge is 0.0636 e. The predicted octanol–water partition coefficient (Wildman–Crippen LogP) is 10.8. The molecule has 0 aliphatic heterocycles. The number of hydrogen-bond donors (Lipinski definition) is 0. The summed E-state index contributed by atoms with van der Waals surface area (Å²) in [7, 11) is 0. The summed E-state index contributed by atoms with van der Waals surface area (Å²) in [5.41, 5.74) is 2.93. The summed E-state index contributed by atoms with van der Waals surface area (Å²) >= 11 is 1.76. The second kappa shape index (κ2) is 8.03. The Morgan fingerprint density at radius 3 is 1.81 bits per heavy atom. The van der Waals surface area contributed by atoms with E-state index < -0.39 is 18.1 Å². The van der Waals surface area contributed by atoms with Crippen molar-refractivity contribution in [1.82, 2.24) is 0 Å². The van der Waals surface area contributed by atoms with E-state index in [4.69, 9.17) is 8.22 Å². The Bertz CT molecular complexity index is 2470. The highest BCUT2D eigenvalue weighted by atomic mass is 32.1. The monoisotopic (exact) mass is 493 g/mol. The molecule has 0 amide bonds. The van der Waals surface area contributed by atoms with Crippen LogP contribution in [0.2, 0.25) is 0 Å². The van der Waals surface area contributed by atoms with Crippen LogP contribution in [-0.4, -0.2) is 0 Å². The van der Waals surface area contributed by atoms with Crippen LogP contribution < -0.4 is 0 Å². The lowest BCUT2D eigenvalue weighted by molar-refractivity contribution is 1.69. The van der Waals surface area contributed by atoms with Crippen LogP contribution in [0.4, 0.5) is 0 Å². The minimum Gasteiger partial charge on any atom is -0.135 e. The van der Waals surface area contributed by atoms with E-state index >= 15 is 0 Å². The first-order valence-corrected chi connectivity index (χ1v) is 13.0. The number of benzene rings is 7. The molecule has 8 rings (SSSR count). The van der Waals surface area contributed by atoms with Crippen molar-refractivity contribution in [2.75, 3.05) is 0 Å². The molecule has 7 aromatic carbocycles. The fraction of sp³-hybridized carbons (Fsp3) is 0. The molecule has 0 nitrogen and oxygen atoms in total. The van der Waals surface area contributed by atoms with Gasteiger partial charge in [-0.1, -0.05) is 115 Å². The Labute approximate surface area is 228 Å². The predicted molar refractivity (Wildman–Crippen MR) is 163 cm³/mol. The van der Waals surface area contributed by atoms with Gasteiger partial charge in [0.05, 0.1) is 9.60 Å². The van der Waals surface area contributed by atoms with Crippen molar-refractivity contribution in [3.8, 4) is 22.3 Å². The molecule has 37 heavy (non-hydrogen) atoms. The third-order valence-corrected chi connectivity index (χ3v) is 8.24. The molecule has 172 valence electrons. The Hall–Kier alpha value is -4.46. The van der Waals surface area contributed by atoms with Crippen molar-refractivity contribution in [2.24, 2.45) is 0 Å². The summed E-state index contributed by atoms with van der Waals surface area (Å²) in [6.07, 6.45) is 0. The highest BCUT2D eigenvalue weighted by molar-refractivity contribution is 7.25. The number of fused-ring (bicyclic) bond motifs is 6. The van der Waals surface area contributed by atoms with Gasteiger partial charge in [-0.2, -0.15) is 0 Å². The van der Waals surface area contributed by atoms with Gasteiger partial charge in [0.1, 0.15) is 0 Å². The third kappa shape index (κ3) is 3.08. The molecular weight excluding hydrogens is 464 g/mol. The standard InChI is InChI=1S/C36H22S/c1-2-11-24-22-25(21-20-23(24)10-1)34-26-12-3-5-14-28(26)35(29-15-6-4-13-27(29)34)31-17-9-19-33-36(31)30-16-7-8-18-32(30)37-33/h1-22H/i1D,2D,10D,11D,20D,21D,22D. The Balaban J connectivity index is 1.58. The molecule has 0 aliphatic rings. The first-order chi connectivity index (χ1) is 21.3. The zero-order valence-corrected chi connectivity index (χ0v) is 20.4. The van der Waals surface area contributed by atoms with Gasteiger partial charge in [-0.05, 0) is 72.7 Å². The molecule has 1 heterocycles. The van der Waals surface area contributed by atoms with E-state index in [1.54, 1.807) is 11.3 Å². The average molecular weight is 494 g/mol. The summed E-state index contributed by atoms with van der Waals surface area (Å²) in [5.74, 6) is 0. The van der Waals surface area contributed by atoms with Crippen LogP contribution in [0.1, 0.15) is 9.60 Å². The summed E-state index contributed by atoms with van der Waals surface area (Å²) in [6.45, 7) is 0. The van der Waals surface area contributed by atoms with Crippen LogP contribution in [0.25, 0.3) is 74.7 Å². The SMILES string of the molecule is [2H]c1c([2H])c([2H])c2c([2H])c(-c3c4ccccc4c(-c4cccc5sc6ccccc6c45)c4ccccc34)c([2H])c([2H])c2c1[2H]. The van der Waals surface area contributed by atoms with Crippen LogP contribution in [-0.2, 0) is 0 Å². The van der Waals surface area contributed by atoms with Gasteiger partial charge < -0.3 is 0 Å². The summed E-state index contributed by atoms with van der Waals surface area (Å²) in [5, 5.41) is 5.69.